The predicted molar refractivity (Wildman–Crippen MR) is 95.1 cm³/mol. The Bertz CT molecular complexity index is 736. The fraction of sp³-hybridized carbons (Fsp3) is 0.550. The molecule has 2 atom stereocenters. The first kappa shape index (κ1) is 15.7. The lowest BCUT2D eigenvalue weighted by atomic mass is 9.86. The summed E-state index contributed by atoms with van der Waals surface area (Å²) in [5, 5.41) is 0.979. The Hall–Kier alpha value is -1.81. The van der Waals surface area contributed by atoms with Crippen LogP contribution >= 0.6 is 0 Å². The van der Waals surface area contributed by atoms with Gasteiger partial charge in [0.15, 0.2) is 0 Å². The van der Waals surface area contributed by atoms with Crippen LogP contribution in [-0.4, -0.2) is 41.2 Å². The highest BCUT2D eigenvalue weighted by Crippen LogP contribution is 2.30. The van der Waals surface area contributed by atoms with E-state index in [9.17, 15) is 4.79 Å². The summed E-state index contributed by atoms with van der Waals surface area (Å²) in [6.45, 7) is 2.99. The Morgan fingerprint density at radius 2 is 2.08 bits per heavy atom. The molecule has 2 saturated heterocycles. The van der Waals surface area contributed by atoms with Crippen molar-refractivity contribution in [1.29, 1.82) is 0 Å². The maximum Gasteiger partial charge on any atom is 0.340 e. The van der Waals surface area contributed by atoms with Crippen LogP contribution < -0.4 is 0 Å². The lowest BCUT2D eigenvalue weighted by Gasteiger charge is -2.42. The van der Waals surface area contributed by atoms with Crippen molar-refractivity contribution in [3.05, 3.63) is 36.0 Å². The van der Waals surface area contributed by atoms with Crippen LogP contribution in [0.5, 0.6) is 0 Å². The standard InChI is InChI=1S/C20H26N2O2/c1-21-13-18(17-7-2-3-8-19(17)21)20(23)24-14-15-9-11-22-10-5-4-6-16(22)12-15/h2-3,7-8,13,15-16H,4-6,9-12,14H2,1H3. The number of carbonyl (C=O) groups is 1. The number of nitrogens with zero attached hydrogens (tertiary/aromatic N) is 2. The second-order valence-corrected chi connectivity index (χ2v) is 7.35. The fourth-order valence-corrected chi connectivity index (χ4v) is 4.40. The van der Waals surface area contributed by atoms with Gasteiger partial charge in [-0.1, -0.05) is 24.6 Å². The van der Waals surface area contributed by atoms with E-state index in [1.807, 2.05) is 42.1 Å². The summed E-state index contributed by atoms with van der Waals surface area (Å²) in [6.07, 6.45) is 8.23. The Morgan fingerprint density at radius 3 is 3.00 bits per heavy atom. The van der Waals surface area contributed by atoms with Gasteiger partial charge in [-0.2, -0.15) is 0 Å². The SMILES string of the molecule is Cn1cc(C(=O)OCC2CCN3CCCCC3C2)c2ccccc21. The molecule has 0 amide bonds. The van der Waals surface area contributed by atoms with Crippen LogP contribution in [0.15, 0.2) is 30.5 Å². The third-order valence-electron chi connectivity index (χ3n) is 5.75. The third-order valence-corrected chi connectivity index (χ3v) is 5.75. The number of fused-ring (bicyclic) bond motifs is 2. The average molecular weight is 326 g/mol. The number of ether oxygens (including phenoxy) is 1. The zero-order valence-corrected chi connectivity index (χ0v) is 14.4. The molecule has 1 aromatic heterocycles. The molecule has 4 rings (SSSR count). The van der Waals surface area contributed by atoms with Crippen LogP contribution in [0.2, 0.25) is 0 Å². The molecule has 4 heteroatoms. The summed E-state index contributed by atoms with van der Waals surface area (Å²) < 4.78 is 7.69. The van der Waals surface area contributed by atoms with E-state index in [-0.39, 0.29) is 5.97 Å². The van der Waals surface area contributed by atoms with E-state index in [4.69, 9.17) is 4.74 Å². The van der Waals surface area contributed by atoms with Gasteiger partial charge < -0.3 is 14.2 Å². The number of rotatable bonds is 3. The van der Waals surface area contributed by atoms with E-state index >= 15 is 0 Å². The number of aryl methyl sites for hydroxylation is 1. The summed E-state index contributed by atoms with van der Waals surface area (Å²) in [5.74, 6) is 0.334. The molecule has 2 aromatic rings. The van der Waals surface area contributed by atoms with Crippen molar-refractivity contribution >= 4 is 16.9 Å². The number of aromatic nitrogens is 1. The summed E-state index contributed by atoms with van der Waals surface area (Å²) in [4.78, 5) is 15.2. The monoisotopic (exact) mass is 326 g/mol. The van der Waals surface area contributed by atoms with E-state index in [0.717, 1.165) is 17.3 Å². The molecule has 0 saturated carbocycles. The van der Waals surface area contributed by atoms with Crippen molar-refractivity contribution in [3.8, 4) is 0 Å². The highest BCUT2D eigenvalue weighted by Gasteiger charge is 2.30. The second-order valence-electron chi connectivity index (χ2n) is 7.35. The maximum atomic E-state index is 12.6. The van der Waals surface area contributed by atoms with Crippen LogP contribution in [0, 0.1) is 5.92 Å². The van der Waals surface area contributed by atoms with Crippen molar-refractivity contribution in [2.75, 3.05) is 19.7 Å². The minimum absolute atomic E-state index is 0.183. The van der Waals surface area contributed by atoms with Crippen LogP contribution in [0.25, 0.3) is 10.9 Å². The van der Waals surface area contributed by atoms with E-state index in [0.29, 0.717) is 24.1 Å². The van der Waals surface area contributed by atoms with E-state index < -0.39 is 0 Å². The Labute approximate surface area is 143 Å². The Balaban J connectivity index is 1.39. The highest BCUT2D eigenvalue weighted by molar-refractivity contribution is 6.04. The summed E-state index contributed by atoms with van der Waals surface area (Å²) in [7, 11) is 1.97. The second kappa shape index (κ2) is 6.60. The molecule has 0 radical (unpaired) electrons. The molecule has 3 heterocycles. The topological polar surface area (TPSA) is 34.5 Å². The van der Waals surface area contributed by atoms with Gasteiger partial charge in [-0.3, -0.25) is 0 Å². The van der Waals surface area contributed by atoms with Gasteiger partial charge in [0, 0.05) is 30.2 Å². The van der Waals surface area contributed by atoms with Crippen molar-refractivity contribution in [3.63, 3.8) is 0 Å². The number of para-hydroxylation sites is 1. The highest BCUT2D eigenvalue weighted by atomic mass is 16.5. The van der Waals surface area contributed by atoms with Crippen LogP contribution in [0.3, 0.4) is 0 Å². The van der Waals surface area contributed by atoms with Crippen molar-refractivity contribution < 1.29 is 9.53 Å². The Kier molecular flexibility index (Phi) is 4.31. The Morgan fingerprint density at radius 1 is 1.21 bits per heavy atom. The van der Waals surface area contributed by atoms with Crippen LogP contribution in [0.1, 0.15) is 42.5 Å². The molecule has 2 aliphatic heterocycles. The first-order valence-corrected chi connectivity index (χ1v) is 9.17. The first-order valence-electron chi connectivity index (χ1n) is 9.17. The van der Waals surface area contributed by atoms with Gasteiger partial charge in [0.2, 0.25) is 0 Å². The molecule has 2 fully saturated rings. The molecular weight excluding hydrogens is 300 g/mol. The van der Waals surface area contributed by atoms with Crippen molar-refractivity contribution in [2.24, 2.45) is 13.0 Å². The van der Waals surface area contributed by atoms with Crippen LogP contribution in [-0.2, 0) is 11.8 Å². The number of hydrogen-bond donors (Lipinski definition) is 0. The summed E-state index contributed by atoms with van der Waals surface area (Å²) in [6, 6.07) is 8.71. The largest absolute Gasteiger partial charge is 0.462 e. The van der Waals surface area contributed by atoms with Crippen molar-refractivity contribution in [2.45, 2.75) is 38.1 Å². The quantitative estimate of drug-likeness (QED) is 0.808. The third kappa shape index (κ3) is 2.95. The first-order chi connectivity index (χ1) is 11.7. The normalized spacial score (nSPS) is 24.7. The molecule has 2 unspecified atom stereocenters. The van der Waals surface area contributed by atoms with Crippen LogP contribution in [0.4, 0.5) is 0 Å². The zero-order valence-electron chi connectivity index (χ0n) is 14.4. The molecular formula is C20H26N2O2. The zero-order chi connectivity index (χ0) is 16.5. The summed E-state index contributed by atoms with van der Waals surface area (Å²) in [5.41, 5.74) is 1.75. The minimum atomic E-state index is -0.183. The molecule has 4 nitrogen and oxygen atoms in total. The number of piperidine rings is 2. The molecule has 0 spiro atoms. The van der Waals surface area contributed by atoms with Crippen molar-refractivity contribution in [1.82, 2.24) is 9.47 Å². The van der Waals surface area contributed by atoms with Gasteiger partial charge >= 0.3 is 5.97 Å². The fourth-order valence-electron chi connectivity index (χ4n) is 4.40. The molecule has 0 N–H and O–H groups in total. The smallest absolute Gasteiger partial charge is 0.340 e. The van der Waals surface area contributed by atoms with E-state index in [1.165, 1.54) is 38.8 Å². The summed E-state index contributed by atoms with van der Waals surface area (Å²) >= 11 is 0. The molecule has 1 aromatic carbocycles. The van der Waals surface area contributed by atoms with Gasteiger partial charge in [0.25, 0.3) is 0 Å². The predicted octanol–water partition coefficient (Wildman–Crippen LogP) is 3.60. The van der Waals surface area contributed by atoms with Gasteiger partial charge in [0.1, 0.15) is 0 Å². The van der Waals surface area contributed by atoms with Gasteiger partial charge in [0.05, 0.1) is 12.2 Å². The van der Waals surface area contributed by atoms with Gasteiger partial charge in [-0.25, -0.2) is 4.79 Å². The van der Waals surface area contributed by atoms with Gasteiger partial charge in [-0.15, -0.1) is 0 Å². The number of hydrogen-bond acceptors (Lipinski definition) is 3. The molecule has 24 heavy (non-hydrogen) atoms. The lowest BCUT2D eigenvalue weighted by Crippen LogP contribution is -2.46. The number of carbonyl (C=O) groups excluding carboxylic acids is 1. The van der Waals surface area contributed by atoms with E-state index in [2.05, 4.69) is 4.90 Å². The number of esters is 1. The maximum absolute atomic E-state index is 12.6. The van der Waals surface area contributed by atoms with Gasteiger partial charge in [-0.05, 0) is 50.8 Å². The average Bonchev–Trinajstić information content (AvgIpc) is 2.97. The molecule has 0 bridgehead atoms. The lowest BCUT2D eigenvalue weighted by molar-refractivity contribution is 0.0235. The number of benzene rings is 1. The minimum Gasteiger partial charge on any atom is -0.462 e. The van der Waals surface area contributed by atoms with E-state index in [1.54, 1.807) is 0 Å². The molecule has 0 aliphatic carbocycles. The molecule has 2 aliphatic rings. The molecule has 128 valence electrons.